The summed E-state index contributed by atoms with van der Waals surface area (Å²) in [6, 6.07) is 23.1. The molecule has 0 spiro atoms. The minimum Gasteiger partial charge on any atom is -0.497 e. The average Bonchev–Trinajstić information content (AvgIpc) is 2.84. The van der Waals surface area contributed by atoms with Gasteiger partial charge >= 0.3 is 0 Å². The van der Waals surface area contributed by atoms with Gasteiger partial charge in [0.2, 0.25) is 5.91 Å². The van der Waals surface area contributed by atoms with Crippen LogP contribution in [0.3, 0.4) is 0 Å². The smallest absolute Gasteiger partial charge is 0.266 e. The second-order valence-electron chi connectivity index (χ2n) is 7.16. The molecule has 1 atom stereocenters. The molecule has 0 radical (unpaired) electrons. The van der Waals surface area contributed by atoms with Crippen LogP contribution in [-0.2, 0) is 4.79 Å². The van der Waals surface area contributed by atoms with Gasteiger partial charge in [-0.05, 0) is 43.3 Å². The van der Waals surface area contributed by atoms with Gasteiger partial charge in [-0.2, -0.15) is 5.26 Å². The van der Waals surface area contributed by atoms with Crippen LogP contribution in [0.2, 0.25) is 0 Å². The summed E-state index contributed by atoms with van der Waals surface area (Å²) >= 11 is 1.16. The second-order valence-corrected chi connectivity index (χ2v) is 8.47. The van der Waals surface area contributed by atoms with E-state index < -0.39 is 5.25 Å². The fourth-order valence-electron chi connectivity index (χ4n) is 3.30. The molecule has 1 N–H and O–H groups in total. The van der Waals surface area contributed by atoms with Crippen molar-refractivity contribution < 1.29 is 9.53 Å². The highest BCUT2D eigenvalue weighted by Crippen LogP contribution is 2.27. The monoisotopic (exact) mass is 456 g/mol. The number of amides is 1. The Morgan fingerprint density at radius 2 is 1.88 bits per heavy atom. The Hall–Kier alpha value is -4.09. The SMILES string of the molecule is COc1cccc(-n2c(S[C@H](C)C(=O)Nc3ccccc3C#N)nc3ccccc3c2=O)c1. The number of para-hydroxylation sites is 2. The van der Waals surface area contributed by atoms with E-state index in [4.69, 9.17) is 4.74 Å². The van der Waals surface area contributed by atoms with E-state index in [0.29, 0.717) is 38.7 Å². The third-order valence-corrected chi connectivity index (χ3v) is 6.07. The highest BCUT2D eigenvalue weighted by Gasteiger charge is 2.21. The first-order valence-corrected chi connectivity index (χ1v) is 11.0. The van der Waals surface area contributed by atoms with E-state index in [1.807, 2.05) is 6.07 Å². The molecular weight excluding hydrogens is 436 g/mol. The molecule has 8 heteroatoms. The average molecular weight is 457 g/mol. The van der Waals surface area contributed by atoms with Crippen LogP contribution in [0.4, 0.5) is 5.69 Å². The minimum absolute atomic E-state index is 0.237. The van der Waals surface area contributed by atoms with Gasteiger partial charge in [0.05, 0.1) is 40.2 Å². The largest absolute Gasteiger partial charge is 0.497 e. The molecule has 4 aromatic rings. The van der Waals surface area contributed by atoms with Crippen LogP contribution in [0.15, 0.2) is 82.7 Å². The fourth-order valence-corrected chi connectivity index (χ4v) is 4.23. The topological polar surface area (TPSA) is 97.0 Å². The molecule has 0 saturated carbocycles. The van der Waals surface area contributed by atoms with Crippen molar-refractivity contribution in [2.24, 2.45) is 0 Å². The molecule has 0 fully saturated rings. The first-order valence-electron chi connectivity index (χ1n) is 10.1. The molecule has 1 aromatic heterocycles. The maximum Gasteiger partial charge on any atom is 0.266 e. The summed E-state index contributed by atoms with van der Waals surface area (Å²) in [6.45, 7) is 1.73. The molecule has 0 bridgehead atoms. The number of carbonyl (C=O) groups is 1. The molecule has 4 rings (SSSR count). The van der Waals surface area contributed by atoms with Crippen LogP contribution in [0.5, 0.6) is 5.75 Å². The number of hydrogen-bond donors (Lipinski definition) is 1. The molecule has 1 amide bonds. The van der Waals surface area contributed by atoms with Crippen molar-refractivity contribution in [2.45, 2.75) is 17.3 Å². The Labute approximate surface area is 194 Å². The van der Waals surface area contributed by atoms with E-state index in [1.165, 1.54) is 4.57 Å². The number of ether oxygens (including phenoxy) is 1. The van der Waals surface area contributed by atoms with Crippen LogP contribution in [0.1, 0.15) is 12.5 Å². The molecule has 0 aliphatic heterocycles. The Bertz CT molecular complexity index is 1440. The predicted molar refractivity (Wildman–Crippen MR) is 129 cm³/mol. The molecule has 0 saturated heterocycles. The molecule has 33 heavy (non-hydrogen) atoms. The number of hydrogen-bond acceptors (Lipinski definition) is 6. The zero-order chi connectivity index (χ0) is 23.4. The van der Waals surface area contributed by atoms with E-state index in [9.17, 15) is 14.9 Å². The van der Waals surface area contributed by atoms with Crippen molar-refractivity contribution in [3.8, 4) is 17.5 Å². The number of benzene rings is 3. The van der Waals surface area contributed by atoms with Gasteiger partial charge in [-0.15, -0.1) is 0 Å². The molecule has 164 valence electrons. The Morgan fingerprint density at radius 1 is 1.12 bits per heavy atom. The number of thioether (sulfide) groups is 1. The van der Waals surface area contributed by atoms with Gasteiger partial charge < -0.3 is 10.1 Å². The number of nitrogens with one attached hydrogen (secondary N) is 1. The van der Waals surface area contributed by atoms with Crippen LogP contribution in [-0.4, -0.2) is 27.8 Å². The number of methoxy groups -OCH3 is 1. The minimum atomic E-state index is -0.596. The quantitative estimate of drug-likeness (QED) is 0.342. The summed E-state index contributed by atoms with van der Waals surface area (Å²) in [4.78, 5) is 31.0. The molecule has 7 nitrogen and oxygen atoms in total. The van der Waals surface area contributed by atoms with Gasteiger partial charge in [-0.1, -0.05) is 42.1 Å². The molecule has 0 aliphatic carbocycles. The van der Waals surface area contributed by atoms with E-state index >= 15 is 0 Å². The highest BCUT2D eigenvalue weighted by molar-refractivity contribution is 8.00. The molecule has 1 heterocycles. The number of anilines is 1. The van der Waals surface area contributed by atoms with Crippen LogP contribution >= 0.6 is 11.8 Å². The number of fused-ring (bicyclic) bond motifs is 1. The lowest BCUT2D eigenvalue weighted by molar-refractivity contribution is -0.115. The van der Waals surface area contributed by atoms with Crippen molar-refractivity contribution in [1.82, 2.24) is 9.55 Å². The predicted octanol–water partition coefficient (Wildman–Crippen LogP) is 4.39. The van der Waals surface area contributed by atoms with Crippen molar-refractivity contribution in [1.29, 1.82) is 5.26 Å². The van der Waals surface area contributed by atoms with Gasteiger partial charge in [-0.25, -0.2) is 4.98 Å². The Kier molecular flexibility index (Phi) is 6.43. The number of aromatic nitrogens is 2. The summed E-state index contributed by atoms with van der Waals surface area (Å²) in [5.41, 5.74) is 1.71. The zero-order valence-corrected chi connectivity index (χ0v) is 18.8. The molecule has 0 unspecified atom stereocenters. The normalized spacial score (nSPS) is 11.5. The van der Waals surface area contributed by atoms with E-state index in [-0.39, 0.29) is 11.5 Å². The maximum absolute atomic E-state index is 13.4. The third kappa shape index (κ3) is 4.59. The van der Waals surface area contributed by atoms with E-state index in [0.717, 1.165) is 11.8 Å². The van der Waals surface area contributed by atoms with Crippen molar-refractivity contribution in [3.63, 3.8) is 0 Å². The lowest BCUT2D eigenvalue weighted by Gasteiger charge is -2.17. The lowest BCUT2D eigenvalue weighted by atomic mass is 10.2. The second kappa shape index (κ2) is 9.59. The van der Waals surface area contributed by atoms with Gasteiger partial charge in [0.25, 0.3) is 5.56 Å². The zero-order valence-electron chi connectivity index (χ0n) is 18.0. The Morgan fingerprint density at radius 3 is 2.67 bits per heavy atom. The lowest BCUT2D eigenvalue weighted by Crippen LogP contribution is -2.26. The summed E-state index contributed by atoms with van der Waals surface area (Å²) in [7, 11) is 1.56. The fraction of sp³-hybridized carbons (Fsp3) is 0.120. The van der Waals surface area contributed by atoms with Crippen LogP contribution < -0.4 is 15.6 Å². The van der Waals surface area contributed by atoms with Gasteiger partial charge in [-0.3, -0.25) is 14.2 Å². The maximum atomic E-state index is 13.4. The molecular formula is C25H20N4O3S. The van der Waals surface area contributed by atoms with E-state index in [1.54, 1.807) is 80.8 Å². The molecule has 0 aliphatic rings. The summed E-state index contributed by atoms with van der Waals surface area (Å²) in [6.07, 6.45) is 0. The van der Waals surface area contributed by atoms with E-state index in [2.05, 4.69) is 16.4 Å². The van der Waals surface area contributed by atoms with Crippen molar-refractivity contribution >= 4 is 34.3 Å². The molecule has 3 aromatic carbocycles. The highest BCUT2D eigenvalue weighted by atomic mass is 32.2. The number of nitriles is 1. The van der Waals surface area contributed by atoms with Gasteiger partial charge in [0.1, 0.15) is 11.8 Å². The van der Waals surface area contributed by atoms with Crippen molar-refractivity contribution in [3.05, 3.63) is 88.7 Å². The van der Waals surface area contributed by atoms with Gasteiger partial charge in [0.15, 0.2) is 5.16 Å². The Balaban J connectivity index is 1.74. The summed E-state index contributed by atoms with van der Waals surface area (Å²) in [5, 5.41) is 12.3. The number of carbonyl (C=O) groups excluding carboxylic acids is 1. The third-order valence-electron chi connectivity index (χ3n) is 5.01. The number of nitrogens with zero attached hydrogens (tertiary/aromatic N) is 3. The first kappa shape index (κ1) is 22.1. The van der Waals surface area contributed by atoms with Gasteiger partial charge in [0, 0.05) is 6.07 Å². The summed E-state index contributed by atoms with van der Waals surface area (Å²) < 4.78 is 6.81. The van der Waals surface area contributed by atoms with Crippen molar-refractivity contribution in [2.75, 3.05) is 12.4 Å². The first-order chi connectivity index (χ1) is 16.0. The summed E-state index contributed by atoms with van der Waals surface area (Å²) in [5.74, 6) is 0.296. The standard InChI is InChI=1S/C25H20N4O3S/c1-16(23(30)27-21-12-5-3-8-17(21)15-26)33-25-28-22-13-6-4-11-20(22)24(31)29(25)18-9-7-10-19(14-18)32-2/h3-14,16H,1-2H3,(H,27,30)/t16-/m1/s1. The number of rotatable bonds is 6. The van der Waals surface area contributed by atoms with Crippen LogP contribution in [0, 0.1) is 11.3 Å². The van der Waals surface area contributed by atoms with Crippen LogP contribution in [0.25, 0.3) is 16.6 Å².